The van der Waals surface area contributed by atoms with Crippen molar-refractivity contribution in [2.24, 2.45) is 5.10 Å². The van der Waals surface area contributed by atoms with Gasteiger partial charge in [-0.3, -0.25) is 0 Å². The summed E-state index contributed by atoms with van der Waals surface area (Å²) < 4.78 is 39.3. The predicted molar refractivity (Wildman–Crippen MR) is 66.2 cm³/mol. The zero-order chi connectivity index (χ0) is 13.8. The normalized spacial score (nSPS) is 11.6. The molecule has 8 heteroatoms. The molecule has 0 atom stereocenters. The Bertz CT molecular complexity index is 597. The zero-order valence-electron chi connectivity index (χ0n) is 9.80. The first kappa shape index (κ1) is 13.6. The van der Waals surface area contributed by atoms with Crippen molar-refractivity contribution in [2.45, 2.75) is 11.6 Å². The summed E-state index contributed by atoms with van der Waals surface area (Å²) >= 11 is 1.14. The Labute approximate surface area is 111 Å². The molecular weight excluding hydrogens is 277 g/mol. The fourth-order valence-electron chi connectivity index (χ4n) is 1.36. The van der Waals surface area contributed by atoms with E-state index in [1.807, 2.05) is 0 Å². The average Bonchev–Trinajstić information content (AvgIpc) is 2.79. The largest absolute Gasteiger partial charge is 0.299 e. The van der Waals surface area contributed by atoms with Crippen LogP contribution < -0.4 is 0 Å². The molecule has 0 spiro atoms. The van der Waals surface area contributed by atoms with Gasteiger partial charge in [0.15, 0.2) is 0 Å². The van der Waals surface area contributed by atoms with Crippen molar-refractivity contribution in [3.63, 3.8) is 0 Å². The lowest BCUT2D eigenvalue weighted by molar-refractivity contribution is 0.135. The maximum atomic E-state index is 13.0. The number of aromatic nitrogens is 3. The Hall–Kier alpha value is -1.83. The van der Waals surface area contributed by atoms with Gasteiger partial charge < -0.3 is 0 Å². The van der Waals surface area contributed by atoms with Crippen molar-refractivity contribution in [3.8, 4) is 0 Å². The molecule has 0 bridgehead atoms. The van der Waals surface area contributed by atoms with Crippen LogP contribution in [0.25, 0.3) is 0 Å². The van der Waals surface area contributed by atoms with Crippen molar-refractivity contribution in [1.82, 2.24) is 14.9 Å². The van der Waals surface area contributed by atoms with E-state index in [1.165, 1.54) is 24.4 Å². The molecule has 2 rings (SSSR count). The van der Waals surface area contributed by atoms with Crippen LogP contribution in [0.4, 0.5) is 13.2 Å². The van der Waals surface area contributed by atoms with Gasteiger partial charge >= 0.3 is 0 Å². The molecule has 0 aliphatic heterocycles. The van der Waals surface area contributed by atoms with E-state index >= 15 is 0 Å². The second kappa shape index (κ2) is 5.87. The number of benzene rings is 1. The van der Waals surface area contributed by atoms with Crippen molar-refractivity contribution in [3.05, 3.63) is 41.5 Å². The van der Waals surface area contributed by atoms with Gasteiger partial charge in [0.2, 0.25) is 11.0 Å². The molecule has 4 nitrogen and oxygen atoms in total. The Kier molecular flexibility index (Phi) is 4.20. The molecule has 0 fully saturated rings. The Morgan fingerprint density at radius 1 is 1.37 bits per heavy atom. The third-order valence-electron chi connectivity index (χ3n) is 2.18. The molecular formula is C11H9F3N4S. The summed E-state index contributed by atoms with van der Waals surface area (Å²) in [7, 11) is 0. The highest BCUT2D eigenvalue weighted by atomic mass is 32.2. The van der Waals surface area contributed by atoms with Gasteiger partial charge in [0.1, 0.15) is 5.82 Å². The van der Waals surface area contributed by atoms with Gasteiger partial charge in [0, 0.05) is 0 Å². The van der Waals surface area contributed by atoms with Gasteiger partial charge in [-0.1, -0.05) is 23.9 Å². The average molecular weight is 286 g/mol. The highest BCUT2D eigenvalue weighted by Crippen LogP contribution is 2.21. The molecule has 0 saturated carbocycles. The second-order valence-electron chi connectivity index (χ2n) is 3.46. The van der Waals surface area contributed by atoms with E-state index in [2.05, 4.69) is 15.3 Å². The van der Waals surface area contributed by atoms with Crippen LogP contribution >= 0.6 is 11.8 Å². The molecule has 1 heterocycles. The van der Waals surface area contributed by atoms with Gasteiger partial charge in [0.05, 0.1) is 6.21 Å². The monoisotopic (exact) mass is 286 g/mol. The molecule has 0 aliphatic carbocycles. The minimum Gasteiger partial charge on any atom is -0.207 e. The van der Waals surface area contributed by atoms with Crippen LogP contribution in [0, 0.1) is 5.82 Å². The molecule has 0 N–H and O–H groups in total. The number of halogens is 3. The number of rotatable bonds is 4. The lowest BCUT2D eigenvalue weighted by Crippen LogP contribution is -2.00. The smallest absolute Gasteiger partial charge is 0.207 e. The maximum absolute atomic E-state index is 13.0. The van der Waals surface area contributed by atoms with E-state index in [1.54, 1.807) is 12.3 Å². The van der Waals surface area contributed by atoms with Gasteiger partial charge in [0.25, 0.3) is 6.43 Å². The van der Waals surface area contributed by atoms with Crippen LogP contribution in [0.5, 0.6) is 0 Å². The highest BCUT2D eigenvalue weighted by molar-refractivity contribution is 7.98. The van der Waals surface area contributed by atoms with Gasteiger partial charge in [-0.05, 0) is 24.0 Å². The topological polar surface area (TPSA) is 43.1 Å². The molecule has 19 heavy (non-hydrogen) atoms. The van der Waals surface area contributed by atoms with Crippen molar-refractivity contribution in [1.29, 1.82) is 0 Å². The van der Waals surface area contributed by atoms with E-state index < -0.39 is 18.1 Å². The van der Waals surface area contributed by atoms with E-state index in [-0.39, 0.29) is 5.16 Å². The summed E-state index contributed by atoms with van der Waals surface area (Å²) in [6.07, 6.45) is 0.170. The quantitative estimate of drug-likeness (QED) is 0.641. The predicted octanol–water partition coefficient (Wildman–Crippen LogP) is 2.96. The van der Waals surface area contributed by atoms with E-state index in [0.717, 1.165) is 16.4 Å². The number of hydrogen-bond donors (Lipinski definition) is 0. The van der Waals surface area contributed by atoms with Crippen molar-refractivity contribution in [2.75, 3.05) is 6.26 Å². The molecule has 0 saturated heterocycles. The molecule has 1 aromatic heterocycles. The summed E-state index contributed by atoms with van der Waals surface area (Å²) in [5.41, 5.74) is 0.459. The number of hydrogen-bond acceptors (Lipinski definition) is 4. The third kappa shape index (κ3) is 3.14. The minimum absolute atomic E-state index is 0.239. The second-order valence-corrected chi connectivity index (χ2v) is 4.23. The number of thioether (sulfide) groups is 1. The fraction of sp³-hybridized carbons (Fsp3) is 0.182. The molecule has 0 aliphatic rings. The summed E-state index contributed by atoms with van der Waals surface area (Å²) in [5.74, 6) is -0.969. The summed E-state index contributed by atoms with van der Waals surface area (Å²) in [6, 6.07) is 5.65. The molecule has 1 aromatic carbocycles. The van der Waals surface area contributed by atoms with Gasteiger partial charge in [-0.25, -0.2) is 13.2 Å². The first-order chi connectivity index (χ1) is 9.11. The highest BCUT2D eigenvalue weighted by Gasteiger charge is 2.19. The van der Waals surface area contributed by atoms with Crippen molar-refractivity contribution >= 4 is 18.0 Å². The first-order valence-electron chi connectivity index (χ1n) is 5.19. The zero-order valence-corrected chi connectivity index (χ0v) is 10.6. The van der Waals surface area contributed by atoms with Crippen LogP contribution in [0.2, 0.25) is 0 Å². The Morgan fingerprint density at radius 3 is 2.79 bits per heavy atom. The van der Waals surface area contributed by atoms with Crippen LogP contribution in [0.15, 0.2) is 34.5 Å². The third-order valence-corrected chi connectivity index (χ3v) is 2.80. The first-order valence-corrected chi connectivity index (χ1v) is 6.41. The minimum atomic E-state index is -2.78. The van der Waals surface area contributed by atoms with E-state index in [0.29, 0.717) is 5.56 Å². The lowest BCUT2D eigenvalue weighted by atomic mass is 10.2. The summed E-state index contributed by atoms with van der Waals surface area (Å²) in [5, 5.41) is 11.1. The van der Waals surface area contributed by atoms with E-state index in [4.69, 9.17) is 0 Å². The Balaban J connectivity index is 2.34. The molecule has 0 radical (unpaired) electrons. The van der Waals surface area contributed by atoms with Crippen LogP contribution in [-0.2, 0) is 0 Å². The molecule has 2 aromatic rings. The molecule has 0 amide bonds. The Morgan fingerprint density at radius 2 is 2.16 bits per heavy atom. The van der Waals surface area contributed by atoms with Gasteiger partial charge in [-0.15, -0.1) is 10.2 Å². The lowest BCUT2D eigenvalue weighted by Gasteiger charge is -2.01. The SMILES string of the molecule is CSc1nnc(C(F)F)n1/N=C\c1cccc(F)c1. The number of alkyl halides is 2. The van der Waals surface area contributed by atoms with E-state index in [9.17, 15) is 13.2 Å². The fourth-order valence-corrected chi connectivity index (χ4v) is 1.80. The van der Waals surface area contributed by atoms with Crippen molar-refractivity contribution < 1.29 is 13.2 Å². The number of nitrogens with zero attached hydrogens (tertiary/aromatic N) is 4. The van der Waals surface area contributed by atoms with Gasteiger partial charge in [-0.2, -0.15) is 9.78 Å². The maximum Gasteiger partial charge on any atom is 0.299 e. The van der Waals surface area contributed by atoms with Crippen LogP contribution in [0.1, 0.15) is 17.8 Å². The standard InChI is InChI=1S/C11H9F3N4S/c1-19-11-17-16-10(9(13)14)18(11)15-6-7-3-2-4-8(12)5-7/h2-6,9H,1H3/b15-6-. The molecule has 100 valence electrons. The summed E-state index contributed by atoms with van der Waals surface area (Å²) in [6.45, 7) is 0. The molecule has 0 unspecified atom stereocenters. The summed E-state index contributed by atoms with van der Waals surface area (Å²) in [4.78, 5) is 0. The van der Waals surface area contributed by atoms with Crippen LogP contribution in [0.3, 0.4) is 0 Å². The van der Waals surface area contributed by atoms with Crippen LogP contribution in [-0.4, -0.2) is 27.3 Å².